The van der Waals surface area contributed by atoms with Gasteiger partial charge in [0.25, 0.3) is 0 Å². The molecule has 0 fully saturated rings. The second kappa shape index (κ2) is 12.7. The SMILES string of the molecule is CC(C)(C)Oc1cc(OC(C)(C)C)c2cc(-c3ccc(-c4ccc(-c5ccc(-c6cc7c(ccc8cc(C(C)(C)C)ccc87)oc6=O)o5)o4)o3)c(=O)oc2c1. The van der Waals surface area contributed by atoms with Gasteiger partial charge in [-0.2, -0.15) is 0 Å². The van der Waals surface area contributed by atoms with E-state index in [0.29, 0.717) is 68.2 Å². The van der Waals surface area contributed by atoms with Crippen LogP contribution in [0, 0.1) is 0 Å². The Morgan fingerprint density at radius 2 is 0.945 bits per heavy atom. The first kappa shape index (κ1) is 35.8. The lowest BCUT2D eigenvalue weighted by Crippen LogP contribution is -2.24. The molecule has 8 rings (SSSR count). The number of ether oxygens (including phenoxy) is 2. The summed E-state index contributed by atoms with van der Waals surface area (Å²) in [4.78, 5) is 26.5. The van der Waals surface area contributed by atoms with Gasteiger partial charge in [-0.1, -0.05) is 45.0 Å². The first-order chi connectivity index (χ1) is 25.9. The Balaban J connectivity index is 1.09. The van der Waals surface area contributed by atoms with Crippen LogP contribution in [0.1, 0.15) is 67.9 Å². The first-order valence-corrected chi connectivity index (χ1v) is 18.2. The molecule has 0 amide bonds. The van der Waals surface area contributed by atoms with Crippen molar-refractivity contribution in [1.82, 2.24) is 0 Å². The van der Waals surface area contributed by atoms with Crippen molar-refractivity contribution in [3.63, 3.8) is 0 Å². The molecule has 0 aliphatic rings. The van der Waals surface area contributed by atoms with Crippen LogP contribution in [-0.2, 0) is 5.41 Å². The molecule has 5 aromatic heterocycles. The fraction of sp³-hybridized carbons (Fsp3) is 0.261. The Labute approximate surface area is 317 Å². The fourth-order valence-electron chi connectivity index (χ4n) is 6.56. The molecule has 0 atom stereocenters. The molecule has 0 N–H and O–H groups in total. The van der Waals surface area contributed by atoms with Crippen LogP contribution >= 0.6 is 0 Å². The maximum absolute atomic E-state index is 13.3. The summed E-state index contributed by atoms with van der Waals surface area (Å²) in [5.74, 6) is 3.33. The van der Waals surface area contributed by atoms with Gasteiger partial charge in [0.05, 0.1) is 5.39 Å². The molecular formula is C46H42O9. The van der Waals surface area contributed by atoms with Crippen LogP contribution in [0.3, 0.4) is 0 Å². The highest BCUT2D eigenvalue weighted by Gasteiger charge is 2.23. The average Bonchev–Trinajstić information content (AvgIpc) is 3.87. The monoisotopic (exact) mass is 738 g/mol. The van der Waals surface area contributed by atoms with Gasteiger partial charge in [-0.3, -0.25) is 0 Å². The number of hydrogen-bond donors (Lipinski definition) is 0. The van der Waals surface area contributed by atoms with E-state index >= 15 is 0 Å². The average molecular weight is 739 g/mol. The van der Waals surface area contributed by atoms with Crippen molar-refractivity contribution < 1.29 is 31.6 Å². The highest BCUT2D eigenvalue weighted by atomic mass is 16.5. The molecule has 0 bridgehead atoms. The fourth-order valence-corrected chi connectivity index (χ4v) is 6.56. The van der Waals surface area contributed by atoms with E-state index in [4.69, 9.17) is 31.6 Å². The summed E-state index contributed by atoms with van der Waals surface area (Å²) in [6, 6.07) is 27.6. The Hall–Kier alpha value is -6.22. The highest BCUT2D eigenvalue weighted by molar-refractivity contribution is 6.06. The van der Waals surface area contributed by atoms with E-state index in [1.54, 1.807) is 54.6 Å². The van der Waals surface area contributed by atoms with Crippen LogP contribution in [0.4, 0.5) is 0 Å². The van der Waals surface area contributed by atoms with Gasteiger partial charge in [0.15, 0.2) is 23.0 Å². The van der Waals surface area contributed by atoms with E-state index in [0.717, 1.165) is 16.2 Å². The van der Waals surface area contributed by atoms with E-state index in [-0.39, 0.29) is 11.0 Å². The topological polar surface area (TPSA) is 118 Å². The number of rotatable bonds is 6. The van der Waals surface area contributed by atoms with Crippen molar-refractivity contribution in [2.24, 2.45) is 0 Å². The van der Waals surface area contributed by atoms with Crippen LogP contribution in [-0.4, -0.2) is 11.2 Å². The maximum atomic E-state index is 13.3. The largest absolute Gasteiger partial charge is 0.488 e. The lowest BCUT2D eigenvalue weighted by molar-refractivity contribution is 0.122. The Morgan fingerprint density at radius 3 is 1.49 bits per heavy atom. The van der Waals surface area contributed by atoms with Crippen molar-refractivity contribution >= 4 is 32.7 Å². The summed E-state index contributed by atoms with van der Waals surface area (Å²) in [5, 5.41) is 3.46. The molecule has 0 saturated carbocycles. The van der Waals surface area contributed by atoms with Crippen LogP contribution in [0.5, 0.6) is 11.5 Å². The number of benzene rings is 3. The van der Waals surface area contributed by atoms with Gasteiger partial charge in [-0.05, 0) is 118 Å². The van der Waals surface area contributed by atoms with Gasteiger partial charge in [-0.25, -0.2) is 9.59 Å². The molecule has 8 aromatic rings. The van der Waals surface area contributed by atoms with Crippen LogP contribution in [0.25, 0.3) is 78.4 Å². The number of furan rings is 3. The third-order valence-electron chi connectivity index (χ3n) is 9.06. The normalized spacial score (nSPS) is 12.6. The van der Waals surface area contributed by atoms with E-state index < -0.39 is 22.5 Å². The minimum Gasteiger partial charge on any atom is -0.488 e. The van der Waals surface area contributed by atoms with Gasteiger partial charge < -0.3 is 31.6 Å². The van der Waals surface area contributed by atoms with Crippen molar-refractivity contribution in [2.75, 3.05) is 0 Å². The summed E-state index contributed by atoms with van der Waals surface area (Å²) >= 11 is 0. The minimum atomic E-state index is -0.577. The van der Waals surface area contributed by atoms with E-state index in [1.165, 1.54) is 5.56 Å². The molecule has 0 aliphatic heterocycles. The molecule has 55 heavy (non-hydrogen) atoms. The molecule has 0 aliphatic carbocycles. The Bertz CT molecular complexity index is 2870. The standard InChI is InChI=1S/C46H42O9/c1-44(2,3)26-11-12-28-25(20-26)10-13-33-29(28)23-31(42(47)52-33)34-14-16-36(49-34)38-18-19-39(51-38)37-17-15-35(50-37)32-24-30-40(53-43(32)48)21-27(54-45(4,5)6)22-41(30)55-46(7,8)9/h10-24H,1-9H3. The predicted octanol–water partition coefficient (Wildman–Crippen LogP) is 12.2. The number of fused-ring (bicyclic) bond motifs is 4. The Kier molecular flexibility index (Phi) is 8.26. The number of hydrogen-bond acceptors (Lipinski definition) is 9. The van der Waals surface area contributed by atoms with Crippen molar-refractivity contribution in [2.45, 2.75) is 78.9 Å². The van der Waals surface area contributed by atoms with Gasteiger partial charge in [0, 0.05) is 17.5 Å². The molecule has 280 valence electrons. The third-order valence-corrected chi connectivity index (χ3v) is 9.06. The summed E-state index contributed by atoms with van der Waals surface area (Å²) in [6.07, 6.45) is 0. The molecule has 9 nitrogen and oxygen atoms in total. The predicted molar refractivity (Wildman–Crippen MR) is 214 cm³/mol. The van der Waals surface area contributed by atoms with Crippen molar-refractivity contribution in [3.05, 3.63) is 117 Å². The van der Waals surface area contributed by atoms with Gasteiger partial charge in [0.1, 0.15) is 56.5 Å². The highest BCUT2D eigenvalue weighted by Crippen LogP contribution is 2.39. The summed E-state index contributed by atoms with van der Waals surface area (Å²) < 4.78 is 42.4. The molecule has 0 saturated heterocycles. The van der Waals surface area contributed by atoms with E-state index in [9.17, 15) is 9.59 Å². The summed E-state index contributed by atoms with van der Waals surface area (Å²) in [7, 11) is 0. The lowest BCUT2D eigenvalue weighted by Gasteiger charge is -2.25. The maximum Gasteiger partial charge on any atom is 0.347 e. The second-order valence-corrected chi connectivity index (χ2v) is 16.8. The van der Waals surface area contributed by atoms with Crippen LogP contribution in [0.15, 0.2) is 123 Å². The quantitative estimate of drug-likeness (QED) is 0.121. The first-order valence-electron chi connectivity index (χ1n) is 18.2. The van der Waals surface area contributed by atoms with Crippen molar-refractivity contribution in [3.8, 4) is 57.2 Å². The Morgan fingerprint density at radius 1 is 0.436 bits per heavy atom. The molecule has 0 unspecified atom stereocenters. The smallest absolute Gasteiger partial charge is 0.347 e. The van der Waals surface area contributed by atoms with Gasteiger partial charge in [0.2, 0.25) is 0 Å². The van der Waals surface area contributed by atoms with Gasteiger partial charge in [-0.15, -0.1) is 0 Å². The van der Waals surface area contributed by atoms with Crippen LogP contribution < -0.4 is 20.7 Å². The zero-order valence-corrected chi connectivity index (χ0v) is 32.3. The molecular weight excluding hydrogens is 696 g/mol. The zero-order chi connectivity index (χ0) is 39.0. The molecule has 5 heterocycles. The lowest BCUT2D eigenvalue weighted by atomic mass is 9.85. The molecule has 0 radical (unpaired) electrons. The van der Waals surface area contributed by atoms with Crippen molar-refractivity contribution in [1.29, 1.82) is 0 Å². The third kappa shape index (κ3) is 7.10. The minimum absolute atomic E-state index is 0.000439. The second-order valence-electron chi connectivity index (χ2n) is 16.8. The van der Waals surface area contributed by atoms with Crippen LogP contribution in [0.2, 0.25) is 0 Å². The molecule has 9 heteroatoms. The zero-order valence-electron chi connectivity index (χ0n) is 32.3. The summed E-state index contributed by atoms with van der Waals surface area (Å²) in [5.41, 5.74) is 0.507. The van der Waals surface area contributed by atoms with E-state index in [2.05, 4.69) is 39.0 Å². The molecule has 0 spiro atoms. The van der Waals surface area contributed by atoms with E-state index in [1.807, 2.05) is 59.7 Å². The summed E-state index contributed by atoms with van der Waals surface area (Å²) in [6.45, 7) is 18.2. The van der Waals surface area contributed by atoms with Gasteiger partial charge >= 0.3 is 11.3 Å². The molecule has 3 aromatic carbocycles.